The van der Waals surface area contributed by atoms with Crippen molar-refractivity contribution >= 4 is 17.7 Å². The molecule has 3 nitrogen and oxygen atoms in total. The average Bonchev–Trinajstić information content (AvgIpc) is 2.18. The monoisotopic (exact) mass is 217 g/mol. The van der Waals surface area contributed by atoms with Gasteiger partial charge in [-0.15, -0.1) is 0 Å². The summed E-state index contributed by atoms with van der Waals surface area (Å²) >= 11 is 1.92. The Morgan fingerprint density at radius 1 is 1.64 bits per heavy atom. The van der Waals surface area contributed by atoms with Crippen LogP contribution in [0.5, 0.6) is 0 Å². The molecule has 0 saturated carbocycles. The molecule has 0 saturated heterocycles. The highest BCUT2D eigenvalue weighted by molar-refractivity contribution is 7.99. The number of hydrogen-bond donors (Lipinski definition) is 1. The molecule has 0 aliphatic rings. The van der Waals surface area contributed by atoms with Gasteiger partial charge in [0.2, 0.25) is 0 Å². The van der Waals surface area contributed by atoms with Gasteiger partial charge in [0.15, 0.2) is 0 Å². The molecule has 14 heavy (non-hydrogen) atoms. The third-order valence-corrected chi connectivity index (χ3v) is 2.63. The molecule has 0 radical (unpaired) electrons. The smallest absolute Gasteiger partial charge is 0.331 e. The van der Waals surface area contributed by atoms with Gasteiger partial charge >= 0.3 is 5.97 Å². The lowest BCUT2D eigenvalue weighted by Gasteiger charge is -2.10. The Morgan fingerprint density at radius 3 is 2.93 bits per heavy atom. The standard InChI is InChI=1S/C10H19NO2S/c1-4-14-8-6-9(2)11-7-5-10(12)13-3/h5,7,9,11H,4,6,8H2,1-3H3/b7-5+. The molecule has 1 N–H and O–H groups in total. The maximum Gasteiger partial charge on any atom is 0.331 e. The second kappa shape index (κ2) is 8.94. The first-order valence-electron chi connectivity index (χ1n) is 4.79. The highest BCUT2D eigenvalue weighted by atomic mass is 32.2. The summed E-state index contributed by atoms with van der Waals surface area (Å²) in [7, 11) is 1.37. The first-order valence-corrected chi connectivity index (χ1v) is 5.94. The van der Waals surface area contributed by atoms with Crippen LogP contribution in [0.1, 0.15) is 20.3 Å². The zero-order valence-corrected chi connectivity index (χ0v) is 9.89. The number of thioether (sulfide) groups is 1. The van der Waals surface area contributed by atoms with Gasteiger partial charge < -0.3 is 10.1 Å². The van der Waals surface area contributed by atoms with Crippen molar-refractivity contribution in [3.05, 3.63) is 12.3 Å². The van der Waals surface area contributed by atoms with Gasteiger partial charge in [-0.1, -0.05) is 6.92 Å². The zero-order valence-electron chi connectivity index (χ0n) is 9.08. The molecule has 0 aromatic rings. The van der Waals surface area contributed by atoms with Crippen LogP contribution in [-0.2, 0) is 9.53 Å². The van der Waals surface area contributed by atoms with Crippen LogP contribution in [0.15, 0.2) is 12.3 Å². The van der Waals surface area contributed by atoms with E-state index in [0.29, 0.717) is 6.04 Å². The number of carbonyl (C=O) groups excluding carboxylic acids is 1. The lowest BCUT2D eigenvalue weighted by Crippen LogP contribution is -2.21. The Hall–Kier alpha value is -0.640. The van der Waals surface area contributed by atoms with Crippen molar-refractivity contribution in [3.63, 3.8) is 0 Å². The minimum absolute atomic E-state index is 0.326. The van der Waals surface area contributed by atoms with Gasteiger partial charge in [-0.25, -0.2) is 4.79 Å². The summed E-state index contributed by atoms with van der Waals surface area (Å²) in [6.07, 6.45) is 4.14. The third-order valence-electron chi connectivity index (χ3n) is 1.70. The van der Waals surface area contributed by atoms with E-state index in [2.05, 4.69) is 23.9 Å². The quantitative estimate of drug-likeness (QED) is 0.401. The fourth-order valence-electron chi connectivity index (χ4n) is 0.836. The SMILES string of the molecule is CCSCCC(C)N/C=C/C(=O)OC. The number of methoxy groups -OCH3 is 1. The zero-order chi connectivity index (χ0) is 10.8. The normalized spacial score (nSPS) is 12.8. The molecule has 1 unspecified atom stereocenters. The van der Waals surface area contributed by atoms with Crippen molar-refractivity contribution in [2.75, 3.05) is 18.6 Å². The molecule has 0 aliphatic heterocycles. The van der Waals surface area contributed by atoms with Crippen LogP contribution < -0.4 is 5.32 Å². The fraction of sp³-hybridized carbons (Fsp3) is 0.700. The van der Waals surface area contributed by atoms with Gasteiger partial charge in [0.1, 0.15) is 0 Å². The summed E-state index contributed by atoms with van der Waals surface area (Å²) in [6.45, 7) is 4.25. The Morgan fingerprint density at radius 2 is 2.36 bits per heavy atom. The van der Waals surface area contributed by atoms with Crippen molar-refractivity contribution in [3.8, 4) is 0 Å². The highest BCUT2D eigenvalue weighted by Crippen LogP contribution is 2.03. The molecule has 82 valence electrons. The summed E-state index contributed by atoms with van der Waals surface area (Å²) in [5.74, 6) is 1.98. The molecular weight excluding hydrogens is 198 g/mol. The molecule has 0 aromatic carbocycles. The van der Waals surface area contributed by atoms with Crippen LogP contribution in [0.4, 0.5) is 0 Å². The van der Waals surface area contributed by atoms with Crippen molar-refractivity contribution in [2.24, 2.45) is 0 Å². The molecule has 0 heterocycles. The summed E-state index contributed by atoms with van der Waals surface area (Å²) in [4.78, 5) is 10.7. The number of esters is 1. The highest BCUT2D eigenvalue weighted by Gasteiger charge is 1.98. The lowest BCUT2D eigenvalue weighted by molar-refractivity contribution is -0.134. The van der Waals surface area contributed by atoms with Gasteiger partial charge in [-0.05, 0) is 24.9 Å². The molecular formula is C10H19NO2S. The first kappa shape index (κ1) is 13.4. The van der Waals surface area contributed by atoms with E-state index in [1.165, 1.54) is 13.2 Å². The Labute approximate surface area is 90.3 Å². The van der Waals surface area contributed by atoms with Crippen LogP contribution in [0, 0.1) is 0 Å². The molecule has 0 fully saturated rings. The summed E-state index contributed by atoms with van der Waals surface area (Å²) in [5.41, 5.74) is 0. The Bertz CT molecular complexity index is 183. The van der Waals surface area contributed by atoms with Gasteiger partial charge in [0.25, 0.3) is 0 Å². The predicted molar refractivity (Wildman–Crippen MR) is 61.4 cm³/mol. The second-order valence-corrected chi connectivity index (χ2v) is 4.30. The molecule has 4 heteroatoms. The van der Waals surface area contributed by atoms with E-state index in [1.54, 1.807) is 6.20 Å². The van der Waals surface area contributed by atoms with Crippen molar-refractivity contribution in [2.45, 2.75) is 26.3 Å². The van der Waals surface area contributed by atoms with Gasteiger partial charge in [-0.2, -0.15) is 11.8 Å². The van der Waals surface area contributed by atoms with E-state index in [0.717, 1.165) is 17.9 Å². The van der Waals surface area contributed by atoms with E-state index >= 15 is 0 Å². The molecule has 0 aromatic heterocycles. The molecule has 0 aliphatic carbocycles. The van der Waals surface area contributed by atoms with Crippen LogP contribution >= 0.6 is 11.8 Å². The topological polar surface area (TPSA) is 38.3 Å². The van der Waals surface area contributed by atoms with Gasteiger partial charge in [0.05, 0.1) is 7.11 Å². The van der Waals surface area contributed by atoms with Crippen LogP contribution in [0.3, 0.4) is 0 Å². The number of nitrogens with one attached hydrogen (secondary N) is 1. The number of rotatable bonds is 7. The van der Waals surface area contributed by atoms with E-state index in [1.807, 2.05) is 11.8 Å². The average molecular weight is 217 g/mol. The summed E-state index contributed by atoms with van der Waals surface area (Å²) in [6, 6.07) is 0.398. The van der Waals surface area contributed by atoms with Gasteiger partial charge in [0, 0.05) is 18.3 Å². The third kappa shape index (κ3) is 7.98. The van der Waals surface area contributed by atoms with E-state index in [-0.39, 0.29) is 5.97 Å². The summed E-state index contributed by atoms with van der Waals surface area (Å²) in [5, 5.41) is 3.11. The summed E-state index contributed by atoms with van der Waals surface area (Å²) < 4.78 is 4.46. The maximum atomic E-state index is 10.7. The number of hydrogen-bond acceptors (Lipinski definition) is 4. The first-order chi connectivity index (χ1) is 6.70. The fourth-order valence-corrected chi connectivity index (χ4v) is 1.65. The van der Waals surface area contributed by atoms with E-state index < -0.39 is 0 Å². The van der Waals surface area contributed by atoms with Crippen LogP contribution in [0.2, 0.25) is 0 Å². The van der Waals surface area contributed by atoms with Crippen LogP contribution in [0.25, 0.3) is 0 Å². The molecule has 0 rings (SSSR count). The minimum atomic E-state index is -0.326. The minimum Gasteiger partial charge on any atom is -0.466 e. The van der Waals surface area contributed by atoms with Crippen molar-refractivity contribution in [1.29, 1.82) is 0 Å². The van der Waals surface area contributed by atoms with E-state index in [9.17, 15) is 4.79 Å². The molecule has 0 bridgehead atoms. The molecule has 0 amide bonds. The Balaban J connectivity index is 3.47. The number of ether oxygens (including phenoxy) is 1. The van der Waals surface area contributed by atoms with Crippen molar-refractivity contribution in [1.82, 2.24) is 5.32 Å². The van der Waals surface area contributed by atoms with Crippen molar-refractivity contribution < 1.29 is 9.53 Å². The lowest BCUT2D eigenvalue weighted by atomic mass is 10.3. The van der Waals surface area contributed by atoms with E-state index in [4.69, 9.17) is 0 Å². The molecule has 1 atom stereocenters. The Kier molecular flexibility index (Phi) is 8.53. The predicted octanol–water partition coefficient (Wildman–Crippen LogP) is 1.79. The molecule has 0 spiro atoms. The van der Waals surface area contributed by atoms with Crippen LogP contribution in [-0.4, -0.2) is 30.6 Å². The largest absolute Gasteiger partial charge is 0.466 e. The number of carbonyl (C=O) groups is 1. The van der Waals surface area contributed by atoms with Gasteiger partial charge in [-0.3, -0.25) is 0 Å². The second-order valence-electron chi connectivity index (χ2n) is 2.91. The maximum absolute atomic E-state index is 10.7.